The standard InChI is InChI=1S/C17H22N2O4/c1-9-14-12(3-2-4-13(14)22)18-15(9)16(23)19-5-10-11(6-19)17(10,7-20)8-21/h10-11,18,20-21H,2-8H2,1H3. The van der Waals surface area contributed by atoms with Gasteiger partial charge >= 0.3 is 0 Å². The molecule has 3 aliphatic rings. The summed E-state index contributed by atoms with van der Waals surface area (Å²) < 4.78 is 0. The van der Waals surface area contributed by atoms with E-state index in [2.05, 4.69) is 4.98 Å². The van der Waals surface area contributed by atoms with Gasteiger partial charge in [0.2, 0.25) is 0 Å². The van der Waals surface area contributed by atoms with Gasteiger partial charge in [-0.05, 0) is 37.2 Å². The number of nitrogens with zero attached hydrogens (tertiary/aromatic N) is 1. The quantitative estimate of drug-likeness (QED) is 0.757. The monoisotopic (exact) mass is 318 g/mol. The summed E-state index contributed by atoms with van der Waals surface area (Å²) in [7, 11) is 0. The van der Waals surface area contributed by atoms with Gasteiger partial charge in [-0.25, -0.2) is 0 Å². The molecule has 6 nitrogen and oxygen atoms in total. The highest BCUT2D eigenvalue weighted by molar-refractivity contribution is 6.04. The maximum Gasteiger partial charge on any atom is 0.270 e. The molecule has 1 aliphatic heterocycles. The predicted molar refractivity (Wildman–Crippen MR) is 82.3 cm³/mol. The van der Waals surface area contributed by atoms with E-state index in [1.165, 1.54) is 0 Å². The lowest BCUT2D eigenvalue weighted by atomic mass is 9.93. The summed E-state index contributed by atoms with van der Waals surface area (Å²) in [6, 6.07) is 0. The van der Waals surface area contributed by atoms with Crippen LogP contribution in [-0.2, 0) is 6.42 Å². The minimum Gasteiger partial charge on any atom is -0.396 e. The Hall–Kier alpha value is -1.66. The second-order valence-electron chi connectivity index (χ2n) is 7.23. The van der Waals surface area contributed by atoms with Crippen molar-refractivity contribution in [2.45, 2.75) is 26.2 Å². The van der Waals surface area contributed by atoms with E-state index in [9.17, 15) is 19.8 Å². The van der Waals surface area contributed by atoms with Crippen molar-refractivity contribution in [1.29, 1.82) is 0 Å². The first-order valence-corrected chi connectivity index (χ1v) is 8.29. The van der Waals surface area contributed by atoms with Crippen LogP contribution in [0.15, 0.2) is 0 Å². The number of rotatable bonds is 3. The van der Waals surface area contributed by atoms with E-state index in [0.717, 1.165) is 24.1 Å². The van der Waals surface area contributed by atoms with Crippen LogP contribution in [-0.4, -0.2) is 58.1 Å². The molecule has 0 aromatic carbocycles. The van der Waals surface area contributed by atoms with Gasteiger partial charge < -0.3 is 20.1 Å². The molecule has 2 aliphatic carbocycles. The third-order valence-corrected chi connectivity index (χ3v) is 6.21. The van der Waals surface area contributed by atoms with Crippen molar-refractivity contribution < 1.29 is 19.8 Å². The molecule has 4 rings (SSSR count). The zero-order valence-electron chi connectivity index (χ0n) is 13.3. The van der Waals surface area contributed by atoms with Crippen LogP contribution in [0.2, 0.25) is 0 Å². The number of aryl methyl sites for hydroxylation is 1. The van der Waals surface area contributed by atoms with Crippen molar-refractivity contribution in [3.63, 3.8) is 0 Å². The second-order valence-corrected chi connectivity index (χ2v) is 7.23. The van der Waals surface area contributed by atoms with Crippen molar-refractivity contribution >= 4 is 11.7 Å². The number of hydrogen-bond acceptors (Lipinski definition) is 4. The normalized spacial score (nSPS) is 27.8. The van der Waals surface area contributed by atoms with Crippen LogP contribution in [0.5, 0.6) is 0 Å². The number of ketones is 1. The molecule has 1 saturated heterocycles. The number of Topliss-reactive ketones (excluding diaryl/α,β-unsaturated/α-hetero) is 1. The largest absolute Gasteiger partial charge is 0.396 e. The van der Waals surface area contributed by atoms with E-state index in [1.54, 1.807) is 4.90 Å². The third-order valence-electron chi connectivity index (χ3n) is 6.21. The summed E-state index contributed by atoms with van der Waals surface area (Å²) >= 11 is 0. The first kappa shape index (κ1) is 14.9. The third kappa shape index (κ3) is 1.88. The number of aromatic amines is 1. The van der Waals surface area contributed by atoms with Crippen LogP contribution in [0.3, 0.4) is 0 Å². The average molecular weight is 318 g/mol. The van der Waals surface area contributed by atoms with Gasteiger partial charge in [-0.2, -0.15) is 0 Å². The van der Waals surface area contributed by atoms with Gasteiger partial charge in [-0.3, -0.25) is 9.59 Å². The van der Waals surface area contributed by atoms with Crippen molar-refractivity contribution in [2.75, 3.05) is 26.3 Å². The molecule has 1 aromatic rings. The Kier molecular flexibility index (Phi) is 3.19. The lowest BCUT2D eigenvalue weighted by molar-refractivity contribution is 0.0632. The van der Waals surface area contributed by atoms with Crippen molar-refractivity contribution in [2.24, 2.45) is 17.3 Å². The molecule has 0 spiro atoms. The van der Waals surface area contributed by atoms with Gasteiger partial charge in [0.05, 0.1) is 13.2 Å². The minimum atomic E-state index is -0.392. The minimum absolute atomic E-state index is 0.0226. The highest BCUT2D eigenvalue weighted by Gasteiger charge is 2.68. The number of piperidine rings is 1. The zero-order valence-corrected chi connectivity index (χ0v) is 13.3. The lowest BCUT2D eigenvalue weighted by Crippen LogP contribution is -2.36. The van der Waals surface area contributed by atoms with Gasteiger partial charge in [0, 0.05) is 36.2 Å². The Morgan fingerprint density at radius 2 is 1.91 bits per heavy atom. The molecule has 2 atom stereocenters. The number of carbonyl (C=O) groups excluding carboxylic acids is 2. The zero-order chi connectivity index (χ0) is 16.4. The molecule has 1 amide bonds. The Morgan fingerprint density at radius 3 is 2.48 bits per heavy atom. The molecule has 3 N–H and O–H groups in total. The highest BCUT2D eigenvalue weighted by atomic mass is 16.3. The Morgan fingerprint density at radius 1 is 1.26 bits per heavy atom. The van der Waals surface area contributed by atoms with Crippen LogP contribution >= 0.6 is 0 Å². The highest BCUT2D eigenvalue weighted by Crippen LogP contribution is 2.62. The van der Waals surface area contributed by atoms with Gasteiger partial charge in [0.1, 0.15) is 5.69 Å². The molecule has 2 unspecified atom stereocenters. The van der Waals surface area contributed by atoms with Gasteiger partial charge in [-0.15, -0.1) is 0 Å². The van der Waals surface area contributed by atoms with E-state index in [1.807, 2.05) is 6.92 Å². The Balaban J connectivity index is 1.55. The molecule has 2 heterocycles. The number of amides is 1. The van der Waals surface area contributed by atoms with Crippen molar-refractivity contribution in [3.8, 4) is 0 Å². The van der Waals surface area contributed by atoms with Gasteiger partial charge in [-0.1, -0.05) is 0 Å². The molecule has 23 heavy (non-hydrogen) atoms. The van der Waals surface area contributed by atoms with Crippen molar-refractivity contribution in [1.82, 2.24) is 9.88 Å². The topological polar surface area (TPSA) is 93.6 Å². The molecule has 0 radical (unpaired) electrons. The smallest absolute Gasteiger partial charge is 0.270 e. The SMILES string of the molecule is Cc1c(C(=O)N2CC3C(C2)C3(CO)CO)[nH]c2c1C(=O)CCC2. The van der Waals surface area contributed by atoms with E-state index in [4.69, 9.17) is 0 Å². The first-order valence-electron chi connectivity index (χ1n) is 8.29. The summed E-state index contributed by atoms with van der Waals surface area (Å²) in [4.78, 5) is 29.9. The van der Waals surface area contributed by atoms with Gasteiger partial charge in [0.15, 0.2) is 5.78 Å². The molecule has 0 bridgehead atoms. The van der Waals surface area contributed by atoms with E-state index in [-0.39, 0.29) is 36.7 Å². The number of likely N-dealkylation sites (tertiary alicyclic amines) is 1. The Bertz CT molecular complexity index is 675. The number of aliphatic hydroxyl groups excluding tert-OH is 2. The van der Waals surface area contributed by atoms with Crippen LogP contribution < -0.4 is 0 Å². The van der Waals surface area contributed by atoms with Crippen LogP contribution in [0, 0.1) is 24.2 Å². The first-order chi connectivity index (χ1) is 11.0. The molecular formula is C17H22N2O4. The van der Waals surface area contributed by atoms with Crippen LogP contribution in [0.4, 0.5) is 0 Å². The maximum absolute atomic E-state index is 12.8. The van der Waals surface area contributed by atoms with E-state index < -0.39 is 5.41 Å². The fraction of sp³-hybridized carbons (Fsp3) is 0.647. The molecule has 2 fully saturated rings. The number of aliphatic hydroxyl groups is 2. The van der Waals surface area contributed by atoms with E-state index in [0.29, 0.717) is 30.8 Å². The molecule has 124 valence electrons. The average Bonchev–Trinajstić information content (AvgIpc) is 2.88. The molecule has 1 saturated carbocycles. The van der Waals surface area contributed by atoms with Gasteiger partial charge in [0.25, 0.3) is 5.91 Å². The summed E-state index contributed by atoms with van der Waals surface area (Å²) in [6.07, 6.45) is 2.21. The number of hydrogen-bond donors (Lipinski definition) is 3. The fourth-order valence-electron chi connectivity index (χ4n) is 4.67. The Labute approximate surface area is 134 Å². The number of carbonyl (C=O) groups is 2. The number of aromatic nitrogens is 1. The summed E-state index contributed by atoms with van der Waals surface area (Å²) in [5.41, 5.74) is 2.52. The number of H-pyrrole nitrogens is 1. The van der Waals surface area contributed by atoms with Crippen LogP contribution in [0.1, 0.15) is 44.9 Å². The molecule has 6 heteroatoms. The summed E-state index contributed by atoms with van der Waals surface area (Å²) in [5.74, 6) is 0.436. The number of fused-ring (bicyclic) bond motifs is 2. The van der Waals surface area contributed by atoms with E-state index >= 15 is 0 Å². The molecule has 1 aromatic heterocycles. The predicted octanol–water partition coefficient (Wildman–Crippen LogP) is 0.515. The fourth-order valence-corrected chi connectivity index (χ4v) is 4.67. The van der Waals surface area contributed by atoms with Crippen molar-refractivity contribution in [3.05, 3.63) is 22.5 Å². The summed E-state index contributed by atoms with van der Waals surface area (Å²) in [6.45, 7) is 2.94. The summed E-state index contributed by atoms with van der Waals surface area (Å²) in [5, 5.41) is 19.0. The lowest BCUT2D eigenvalue weighted by Gasteiger charge is -2.24. The second kappa shape index (κ2) is 4.92. The maximum atomic E-state index is 12.8. The van der Waals surface area contributed by atoms with Crippen LogP contribution in [0.25, 0.3) is 0 Å². The number of nitrogens with one attached hydrogen (secondary N) is 1. The molecular weight excluding hydrogens is 296 g/mol.